The van der Waals surface area contributed by atoms with E-state index in [-0.39, 0.29) is 43.0 Å². The number of carbonyl (C=O) groups excluding carboxylic acids is 1. The number of carbonyl (C=O) groups is 1. The summed E-state index contributed by atoms with van der Waals surface area (Å²) in [5, 5.41) is 11.9. The number of anilines is 1. The second-order valence-electron chi connectivity index (χ2n) is 6.13. The van der Waals surface area contributed by atoms with Gasteiger partial charge in [-0.3, -0.25) is 4.79 Å². The van der Waals surface area contributed by atoms with Crippen molar-refractivity contribution >= 4 is 40.6 Å². The van der Waals surface area contributed by atoms with Gasteiger partial charge in [0.25, 0.3) is 0 Å². The summed E-state index contributed by atoms with van der Waals surface area (Å²) in [6.45, 7) is 2.03. The minimum absolute atomic E-state index is 0.0245. The fourth-order valence-corrected chi connectivity index (χ4v) is 3.06. The van der Waals surface area contributed by atoms with Crippen LogP contribution in [-0.4, -0.2) is 18.3 Å². The number of alkyl halides is 3. The molecule has 0 atom stereocenters. The fraction of sp³-hybridized carbons (Fsp3) is 0.300. The molecule has 0 aliphatic rings. The van der Waals surface area contributed by atoms with Crippen LogP contribution >= 0.6 is 23.2 Å². The molecule has 156 valence electrons. The quantitative estimate of drug-likeness (QED) is 0.367. The third-order valence-electron chi connectivity index (χ3n) is 4.04. The number of hydrogen-bond donors (Lipinski definition) is 2. The van der Waals surface area contributed by atoms with Gasteiger partial charge in [-0.05, 0) is 36.8 Å². The van der Waals surface area contributed by atoms with Crippen LogP contribution in [0, 0.1) is 5.41 Å². The van der Waals surface area contributed by atoms with E-state index in [4.69, 9.17) is 33.3 Å². The summed E-state index contributed by atoms with van der Waals surface area (Å²) in [7, 11) is 0. The molecule has 4 nitrogen and oxygen atoms in total. The first kappa shape index (κ1) is 23.0. The van der Waals surface area contributed by atoms with Gasteiger partial charge in [0.2, 0.25) is 0 Å². The van der Waals surface area contributed by atoms with Crippen LogP contribution in [0.1, 0.15) is 36.5 Å². The lowest BCUT2D eigenvalue weighted by Crippen LogP contribution is -2.13. The lowest BCUT2D eigenvalue weighted by Gasteiger charge is -2.16. The average molecular weight is 447 g/mol. The third kappa shape index (κ3) is 6.65. The summed E-state index contributed by atoms with van der Waals surface area (Å²) in [5.74, 6) is -0.466. The normalized spacial score (nSPS) is 11.2. The molecule has 2 N–H and O–H groups in total. The maximum absolute atomic E-state index is 13.1. The Morgan fingerprint density at radius 2 is 1.86 bits per heavy atom. The van der Waals surface area contributed by atoms with Crippen molar-refractivity contribution in [2.45, 2.75) is 32.5 Å². The molecule has 0 radical (unpaired) electrons. The number of nitrogens with one attached hydrogen (secondary N) is 2. The Hall–Kier alpha value is -2.25. The maximum Gasteiger partial charge on any atom is 0.416 e. The van der Waals surface area contributed by atoms with Crippen molar-refractivity contribution in [1.82, 2.24) is 0 Å². The van der Waals surface area contributed by atoms with Crippen LogP contribution < -0.4 is 5.32 Å². The summed E-state index contributed by atoms with van der Waals surface area (Å²) in [4.78, 5) is 11.5. The number of halogens is 5. The van der Waals surface area contributed by atoms with Crippen molar-refractivity contribution in [3.05, 3.63) is 63.1 Å². The molecule has 0 bridgehead atoms. The fourth-order valence-electron chi connectivity index (χ4n) is 2.58. The zero-order valence-corrected chi connectivity index (χ0v) is 17.0. The van der Waals surface area contributed by atoms with E-state index in [0.717, 1.165) is 12.1 Å². The van der Waals surface area contributed by atoms with Gasteiger partial charge in [0.05, 0.1) is 18.6 Å². The molecule has 2 aromatic carbocycles. The van der Waals surface area contributed by atoms with E-state index in [2.05, 4.69) is 5.32 Å². The van der Waals surface area contributed by atoms with E-state index in [1.165, 1.54) is 12.1 Å². The summed E-state index contributed by atoms with van der Waals surface area (Å²) < 4.78 is 44.2. The van der Waals surface area contributed by atoms with Gasteiger partial charge in [0, 0.05) is 40.0 Å². The number of hydrogen-bond acceptors (Lipinski definition) is 4. The first-order valence-corrected chi connectivity index (χ1v) is 9.50. The van der Waals surface area contributed by atoms with Crippen molar-refractivity contribution in [1.29, 1.82) is 5.41 Å². The monoisotopic (exact) mass is 446 g/mol. The largest absolute Gasteiger partial charge is 0.466 e. The van der Waals surface area contributed by atoms with Crippen LogP contribution in [-0.2, 0) is 22.3 Å². The third-order valence-corrected chi connectivity index (χ3v) is 4.63. The van der Waals surface area contributed by atoms with Gasteiger partial charge in [0.15, 0.2) is 0 Å². The predicted octanol–water partition coefficient (Wildman–Crippen LogP) is 6.34. The molecule has 2 rings (SSSR count). The van der Waals surface area contributed by atoms with Gasteiger partial charge in [-0.15, -0.1) is 0 Å². The molecule has 0 aliphatic heterocycles. The minimum Gasteiger partial charge on any atom is -0.466 e. The molecule has 29 heavy (non-hydrogen) atoms. The van der Waals surface area contributed by atoms with Crippen LogP contribution in [0.2, 0.25) is 10.0 Å². The molecule has 0 amide bonds. The highest BCUT2D eigenvalue weighted by molar-refractivity contribution is 6.35. The van der Waals surface area contributed by atoms with Gasteiger partial charge >= 0.3 is 12.1 Å². The molecule has 2 aromatic rings. The molecule has 0 aromatic heterocycles. The van der Waals surface area contributed by atoms with Crippen LogP contribution in [0.15, 0.2) is 36.4 Å². The molecule has 9 heteroatoms. The van der Waals surface area contributed by atoms with Crippen LogP contribution in [0.25, 0.3) is 0 Å². The SMILES string of the molecule is CCOC(=O)CCC(=N)c1ccc(C(F)(F)F)cc1NCc1ccc(Cl)cc1Cl. The van der Waals surface area contributed by atoms with Gasteiger partial charge in [0.1, 0.15) is 0 Å². The maximum atomic E-state index is 13.1. The van der Waals surface area contributed by atoms with Gasteiger partial charge < -0.3 is 15.5 Å². The highest BCUT2D eigenvalue weighted by Crippen LogP contribution is 2.33. The summed E-state index contributed by atoms with van der Waals surface area (Å²) in [5.41, 5.74) is 0.213. The number of benzene rings is 2. The Morgan fingerprint density at radius 1 is 1.14 bits per heavy atom. The van der Waals surface area contributed by atoms with Crippen molar-refractivity contribution < 1.29 is 22.7 Å². The highest BCUT2D eigenvalue weighted by Gasteiger charge is 2.31. The number of ether oxygens (including phenoxy) is 1. The zero-order valence-electron chi connectivity index (χ0n) is 15.5. The second-order valence-corrected chi connectivity index (χ2v) is 6.97. The molecular formula is C20H19Cl2F3N2O2. The highest BCUT2D eigenvalue weighted by atomic mass is 35.5. The molecule has 0 heterocycles. The van der Waals surface area contributed by atoms with E-state index in [9.17, 15) is 18.0 Å². The molecule has 0 saturated heterocycles. The van der Waals surface area contributed by atoms with Crippen LogP contribution in [0.5, 0.6) is 0 Å². The minimum atomic E-state index is -4.53. The Labute approximate surface area is 176 Å². The molecule has 0 aliphatic carbocycles. The average Bonchev–Trinajstić information content (AvgIpc) is 2.64. The van der Waals surface area contributed by atoms with Crippen molar-refractivity contribution in [2.75, 3.05) is 11.9 Å². The number of esters is 1. The summed E-state index contributed by atoms with van der Waals surface area (Å²) in [6, 6.07) is 7.90. The Bertz CT molecular complexity index is 902. The first-order valence-electron chi connectivity index (χ1n) is 8.74. The van der Waals surface area contributed by atoms with E-state index in [0.29, 0.717) is 15.6 Å². The van der Waals surface area contributed by atoms with Gasteiger partial charge in [-0.25, -0.2) is 0 Å². The summed E-state index contributed by atoms with van der Waals surface area (Å²) in [6.07, 6.45) is -4.52. The smallest absolute Gasteiger partial charge is 0.416 e. The summed E-state index contributed by atoms with van der Waals surface area (Å²) >= 11 is 12.0. The van der Waals surface area contributed by atoms with Crippen molar-refractivity contribution in [2.24, 2.45) is 0 Å². The molecular weight excluding hydrogens is 428 g/mol. The first-order chi connectivity index (χ1) is 13.6. The lowest BCUT2D eigenvalue weighted by molar-refractivity contribution is -0.143. The van der Waals surface area contributed by atoms with Gasteiger partial charge in [-0.2, -0.15) is 13.2 Å². The number of rotatable bonds is 8. The van der Waals surface area contributed by atoms with Gasteiger partial charge in [-0.1, -0.05) is 35.3 Å². The second kappa shape index (κ2) is 9.98. The Balaban J connectivity index is 2.26. The molecule has 0 spiro atoms. The van der Waals surface area contributed by atoms with E-state index >= 15 is 0 Å². The molecule has 0 fully saturated rings. The molecule has 0 unspecified atom stereocenters. The molecule has 0 saturated carbocycles. The lowest BCUT2D eigenvalue weighted by atomic mass is 10.0. The predicted molar refractivity (Wildman–Crippen MR) is 108 cm³/mol. The van der Waals surface area contributed by atoms with Crippen LogP contribution in [0.4, 0.5) is 18.9 Å². The zero-order chi connectivity index (χ0) is 21.6. The Kier molecular flexibility index (Phi) is 7.93. The van der Waals surface area contributed by atoms with E-state index < -0.39 is 17.7 Å². The standard InChI is InChI=1S/C20H19Cl2F3N2O2/c1-2-29-19(28)8-7-17(26)15-6-4-13(20(23,24)25)9-18(15)27-11-12-3-5-14(21)10-16(12)22/h3-6,9-10,26-27H,2,7-8,11H2,1H3. The topological polar surface area (TPSA) is 62.2 Å². The van der Waals surface area contributed by atoms with E-state index in [1.807, 2.05) is 0 Å². The van der Waals surface area contributed by atoms with Crippen molar-refractivity contribution in [3.8, 4) is 0 Å². The van der Waals surface area contributed by atoms with Crippen molar-refractivity contribution in [3.63, 3.8) is 0 Å². The van der Waals surface area contributed by atoms with Crippen LogP contribution in [0.3, 0.4) is 0 Å². The Morgan fingerprint density at radius 3 is 2.48 bits per heavy atom. The van der Waals surface area contributed by atoms with E-state index in [1.54, 1.807) is 19.1 Å².